The number of nitrogens with zero attached hydrogens (tertiary/aromatic N) is 3. The van der Waals surface area contributed by atoms with Gasteiger partial charge >= 0.3 is 0 Å². The maximum Gasteiger partial charge on any atom is 0.272 e. The zero-order valence-electron chi connectivity index (χ0n) is 9.56. The average molecular weight is 224 g/mol. The fourth-order valence-corrected chi connectivity index (χ4v) is 1.90. The molecule has 0 bridgehead atoms. The summed E-state index contributed by atoms with van der Waals surface area (Å²) in [5, 5.41) is 6.81. The molecule has 1 fully saturated rings. The van der Waals surface area contributed by atoms with Crippen molar-refractivity contribution in [1.82, 2.24) is 15.5 Å². The monoisotopic (exact) mass is 224 g/mol. The molecule has 1 aliphatic rings. The SMILES string of the molecule is CNC1CCCCN(c2noc(C)n2)C1=O. The Morgan fingerprint density at radius 2 is 2.31 bits per heavy atom. The minimum Gasteiger partial charge on any atom is -0.338 e. The van der Waals surface area contributed by atoms with Crippen LogP contribution in [0, 0.1) is 6.92 Å². The maximum absolute atomic E-state index is 12.1. The Bertz CT molecular complexity index is 377. The minimum atomic E-state index is -0.138. The molecule has 1 amide bonds. The quantitative estimate of drug-likeness (QED) is 0.791. The van der Waals surface area contributed by atoms with Gasteiger partial charge in [0, 0.05) is 13.5 Å². The Morgan fingerprint density at radius 1 is 1.50 bits per heavy atom. The highest BCUT2D eigenvalue weighted by Gasteiger charge is 2.29. The molecule has 1 aliphatic heterocycles. The third kappa shape index (κ3) is 2.06. The molecule has 6 heteroatoms. The number of nitrogens with one attached hydrogen (secondary N) is 1. The van der Waals surface area contributed by atoms with Crippen molar-refractivity contribution in [3.63, 3.8) is 0 Å². The highest BCUT2D eigenvalue weighted by molar-refractivity contribution is 5.95. The zero-order valence-corrected chi connectivity index (χ0v) is 9.56. The molecule has 1 aromatic heterocycles. The van der Waals surface area contributed by atoms with Gasteiger partial charge in [0.05, 0.1) is 6.04 Å². The van der Waals surface area contributed by atoms with E-state index in [0.29, 0.717) is 18.4 Å². The highest BCUT2D eigenvalue weighted by Crippen LogP contribution is 2.17. The van der Waals surface area contributed by atoms with Gasteiger partial charge in [-0.15, -0.1) is 0 Å². The van der Waals surface area contributed by atoms with Gasteiger partial charge in [-0.05, 0) is 31.5 Å². The van der Waals surface area contributed by atoms with E-state index in [0.717, 1.165) is 19.3 Å². The number of aromatic nitrogens is 2. The van der Waals surface area contributed by atoms with E-state index in [4.69, 9.17) is 4.52 Å². The summed E-state index contributed by atoms with van der Waals surface area (Å²) in [4.78, 5) is 17.8. The predicted molar refractivity (Wildman–Crippen MR) is 58.1 cm³/mol. The summed E-state index contributed by atoms with van der Waals surface area (Å²) in [6.45, 7) is 2.38. The van der Waals surface area contributed by atoms with Gasteiger partial charge in [-0.2, -0.15) is 4.98 Å². The second-order valence-corrected chi connectivity index (χ2v) is 3.94. The van der Waals surface area contributed by atoms with Gasteiger partial charge in [-0.1, -0.05) is 0 Å². The number of carbonyl (C=O) groups is 1. The first-order valence-corrected chi connectivity index (χ1v) is 5.51. The molecule has 1 unspecified atom stereocenters. The number of hydrogen-bond acceptors (Lipinski definition) is 5. The van der Waals surface area contributed by atoms with Crippen LogP contribution in [-0.2, 0) is 4.79 Å². The van der Waals surface area contributed by atoms with Crippen LogP contribution in [0.1, 0.15) is 25.2 Å². The molecule has 2 rings (SSSR count). The second-order valence-electron chi connectivity index (χ2n) is 3.94. The lowest BCUT2D eigenvalue weighted by molar-refractivity contribution is -0.120. The first kappa shape index (κ1) is 11.1. The largest absolute Gasteiger partial charge is 0.338 e. The van der Waals surface area contributed by atoms with Crippen LogP contribution >= 0.6 is 0 Å². The molecule has 6 nitrogen and oxygen atoms in total. The third-order valence-electron chi connectivity index (χ3n) is 2.80. The minimum absolute atomic E-state index is 0.0285. The lowest BCUT2D eigenvalue weighted by Gasteiger charge is -2.19. The molecule has 1 aromatic rings. The van der Waals surface area contributed by atoms with E-state index in [1.54, 1.807) is 18.9 Å². The Kier molecular flexibility index (Phi) is 3.19. The molecule has 0 aromatic carbocycles. The smallest absolute Gasteiger partial charge is 0.272 e. The van der Waals surface area contributed by atoms with Gasteiger partial charge < -0.3 is 9.84 Å². The van der Waals surface area contributed by atoms with Crippen LogP contribution in [0.3, 0.4) is 0 Å². The van der Waals surface area contributed by atoms with E-state index in [9.17, 15) is 4.79 Å². The summed E-state index contributed by atoms with van der Waals surface area (Å²) in [6.07, 6.45) is 2.87. The van der Waals surface area contributed by atoms with Crippen molar-refractivity contribution in [2.75, 3.05) is 18.5 Å². The lowest BCUT2D eigenvalue weighted by Crippen LogP contribution is -2.44. The van der Waals surface area contributed by atoms with Gasteiger partial charge in [0.1, 0.15) is 0 Å². The number of anilines is 1. The van der Waals surface area contributed by atoms with Gasteiger partial charge in [-0.25, -0.2) is 0 Å². The maximum atomic E-state index is 12.1. The highest BCUT2D eigenvalue weighted by atomic mass is 16.5. The Balaban J connectivity index is 2.21. The summed E-state index contributed by atoms with van der Waals surface area (Å²) >= 11 is 0. The standard InChI is InChI=1S/C10H16N4O2/c1-7-12-10(13-16-7)14-6-4-3-5-8(11-2)9(14)15/h8,11H,3-6H2,1-2H3. The van der Waals surface area contributed by atoms with Gasteiger partial charge in [0.15, 0.2) is 0 Å². The van der Waals surface area contributed by atoms with Crippen LogP contribution in [0.4, 0.5) is 5.95 Å². The summed E-state index contributed by atoms with van der Waals surface area (Å²) < 4.78 is 4.90. The van der Waals surface area contributed by atoms with Crippen LogP contribution in [0.2, 0.25) is 0 Å². The summed E-state index contributed by atoms with van der Waals surface area (Å²) in [5.74, 6) is 0.888. The van der Waals surface area contributed by atoms with Gasteiger partial charge in [0.2, 0.25) is 11.8 Å². The molecule has 2 heterocycles. The Hall–Kier alpha value is -1.43. The number of aryl methyl sites for hydroxylation is 1. The fraction of sp³-hybridized carbons (Fsp3) is 0.700. The van der Waals surface area contributed by atoms with Crippen LogP contribution < -0.4 is 10.2 Å². The van der Waals surface area contributed by atoms with Crippen LogP contribution in [0.5, 0.6) is 0 Å². The van der Waals surface area contributed by atoms with Crippen molar-refractivity contribution in [2.45, 2.75) is 32.2 Å². The van der Waals surface area contributed by atoms with Crippen LogP contribution in [0.15, 0.2) is 4.52 Å². The third-order valence-corrected chi connectivity index (χ3v) is 2.80. The molecule has 1 atom stereocenters. The molecule has 0 radical (unpaired) electrons. The molecule has 88 valence electrons. The van der Waals surface area contributed by atoms with E-state index in [1.165, 1.54) is 0 Å². The normalized spacial score (nSPS) is 22.2. The van der Waals surface area contributed by atoms with Crippen molar-refractivity contribution < 1.29 is 9.32 Å². The van der Waals surface area contributed by atoms with E-state index in [-0.39, 0.29) is 11.9 Å². The number of hydrogen-bond donors (Lipinski definition) is 1. The van der Waals surface area contributed by atoms with E-state index in [2.05, 4.69) is 15.5 Å². The number of likely N-dealkylation sites (N-methyl/N-ethyl adjacent to an activating group) is 1. The summed E-state index contributed by atoms with van der Waals surface area (Å²) in [6, 6.07) is -0.138. The predicted octanol–water partition coefficient (Wildman–Crippen LogP) is 0.483. The van der Waals surface area contributed by atoms with Crippen molar-refractivity contribution >= 4 is 11.9 Å². The molecular formula is C10H16N4O2. The van der Waals surface area contributed by atoms with E-state index in [1.807, 2.05) is 0 Å². The van der Waals surface area contributed by atoms with Crippen molar-refractivity contribution in [3.05, 3.63) is 5.89 Å². The second kappa shape index (κ2) is 4.61. The number of carbonyl (C=O) groups excluding carboxylic acids is 1. The summed E-state index contributed by atoms with van der Waals surface area (Å²) in [5.41, 5.74) is 0. The van der Waals surface area contributed by atoms with Crippen molar-refractivity contribution in [3.8, 4) is 0 Å². The molecule has 0 spiro atoms. The molecule has 16 heavy (non-hydrogen) atoms. The molecule has 0 aliphatic carbocycles. The molecule has 0 saturated carbocycles. The van der Waals surface area contributed by atoms with Crippen molar-refractivity contribution in [1.29, 1.82) is 0 Å². The fourth-order valence-electron chi connectivity index (χ4n) is 1.90. The van der Waals surface area contributed by atoms with Gasteiger partial charge in [0.25, 0.3) is 5.95 Å². The Labute approximate surface area is 94.0 Å². The topological polar surface area (TPSA) is 71.3 Å². The summed E-state index contributed by atoms with van der Waals surface area (Å²) in [7, 11) is 1.80. The first-order valence-electron chi connectivity index (χ1n) is 5.51. The number of rotatable bonds is 2. The molecular weight excluding hydrogens is 208 g/mol. The van der Waals surface area contributed by atoms with Gasteiger partial charge in [-0.3, -0.25) is 9.69 Å². The molecule has 1 saturated heterocycles. The molecule has 1 N–H and O–H groups in total. The van der Waals surface area contributed by atoms with E-state index < -0.39 is 0 Å². The number of amides is 1. The van der Waals surface area contributed by atoms with Crippen LogP contribution in [0.25, 0.3) is 0 Å². The van der Waals surface area contributed by atoms with E-state index >= 15 is 0 Å². The van der Waals surface area contributed by atoms with Crippen molar-refractivity contribution in [2.24, 2.45) is 0 Å². The zero-order chi connectivity index (χ0) is 11.5. The van der Waals surface area contributed by atoms with Crippen LogP contribution in [-0.4, -0.2) is 35.7 Å². The Morgan fingerprint density at radius 3 is 2.94 bits per heavy atom. The first-order chi connectivity index (χ1) is 7.72. The lowest BCUT2D eigenvalue weighted by atomic mass is 10.1. The average Bonchev–Trinajstić information content (AvgIpc) is 2.60.